The molecule has 2 rings (SSSR count). The van der Waals surface area contributed by atoms with Gasteiger partial charge in [-0.15, -0.1) is 0 Å². The van der Waals surface area contributed by atoms with Crippen LogP contribution in [0.3, 0.4) is 0 Å². The second-order valence-corrected chi connectivity index (χ2v) is 5.14. The Morgan fingerprint density at radius 2 is 2.24 bits per heavy atom. The lowest BCUT2D eigenvalue weighted by molar-refractivity contribution is 0.686. The summed E-state index contributed by atoms with van der Waals surface area (Å²) < 4.78 is 0. The first-order valence-electron chi connectivity index (χ1n) is 6.55. The summed E-state index contributed by atoms with van der Waals surface area (Å²) in [6.07, 6.45) is 7.35. The van der Waals surface area contributed by atoms with E-state index in [1.807, 2.05) is 0 Å². The summed E-state index contributed by atoms with van der Waals surface area (Å²) in [5.41, 5.74) is 0. The number of anilines is 1. The van der Waals surface area contributed by atoms with Crippen molar-refractivity contribution in [2.75, 3.05) is 11.9 Å². The fourth-order valence-electron chi connectivity index (χ4n) is 1.90. The van der Waals surface area contributed by atoms with E-state index >= 15 is 0 Å². The quantitative estimate of drug-likeness (QED) is 0.595. The third-order valence-electron chi connectivity index (χ3n) is 3.01. The van der Waals surface area contributed by atoms with Gasteiger partial charge < -0.3 is 5.32 Å². The van der Waals surface area contributed by atoms with Crippen LogP contribution in [0, 0.1) is 5.92 Å². The Labute approximate surface area is 108 Å². The number of hydrogen-bond donors (Lipinski definition) is 1. The molecule has 1 heterocycles. The molecule has 1 aromatic heterocycles. The van der Waals surface area contributed by atoms with Gasteiger partial charge in [0.05, 0.1) is 0 Å². The number of nitrogens with one attached hydrogen (secondary N) is 1. The van der Waals surface area contributed by atoms with Crippen molar-refractivity contribution in [3.05, 3.63) is 17.0 Å². The first kappa shape index (κ1) is 12.6. The molecule has 1 aromatic rings. The van der Waals surface area contributed by atoms with Gasteiger partial charge in [0.15, 0.2) is 0 Å². The molecule has 3 nitrogen and oxygen atoms in total. The molecule has 1 aliphatic carbocycles. The molecular formula is C13H20ClN3. The first-order valence-corrected chi connectivity index (χ1v) is 6.93. The second kappa shape index (κ2) is 6.20. The Bertz CT molecular complexity index is 364. The van der Waals surface area contributed by atoms with Crippen molar-refractivity contribution in [1.29, 1.82) is 0 Å². The van der Waals surface area contributed by atoms with E-state index in [0.29, 0.717) is 5.15 Å². The molecule has 1 N–H and O–H groups in total. The van der Waals surface area contributed by atoms with Gasteiger partial charge in [-0.25, -0.2) is 9.97 Å². The number of aromatic nitrogens is 2. The molecule has 0 bridgehead atoms. The summed E-state index contributed by atoms with van der Waals surface area (Å²) in [6.45, 7) is 3.10. The standard InChI is InChI=1S/C13H20ClN3/c1-2-4-12-16-11(14)9-13(17-12)15-8-3-5-10-6-7-10/h9-10H,2-8H2,1H3,(H,15,16,17). The predicted molar refractivity (Wildman–Crippen MR) is 71.5 cm³/mol. The Morgan fingerprint density at radius 1 is 1.41 bits per heavy atom. The molecule has 94 valence electrons. The van der Waals surface area contributed by atoms with Crippen LogP contribution in [0.1, 0.15) is 44.9 Å². The van der Waals surface area contributed by atoms with Gasteiger partial charge in [-0.2, -0.15) is 0 Å². The van der Waals surface area contributed by atoms with Crippen LogP contribution in [0.25, 0.3) is 0 Å². The zero-order valence-electron chi connectivity index (χ0n) is 10.4. The molecule has 1 aliphatic rings. The molecule has 0 radical (unpaired) electrons. The highest BCUT2D eigenvalue weighted by atomic mass is 35.5. The predicted octanol–water partition coefficient (Wildman–Crippen LogP) is 3.68. The van der Waals surface area contributed by atoms with Gasteiger partial charge >= 0.3 is 0 Å². The third-order valence-corrected chi connectivity index (χ3v) is 3.20. The van der Waals surface area contributed by atoms with E-state index in [2.05, 4.69) is 22.2 Å². The molecule has 1 saturated carbocycles. The highest BCUT2D eigenvalue weighted by molar-refractivity contribution is 6.29. The summed E-state index contributed by atoms with van der Waals surface area (Å²) in [7, 11) is 0. The van der Waals surface area contributed by atoms with Crippen molar-refractivity contribution in [1.82, 2.24) is 9.97 Å². The number of halogens is 1. The minimum Gasteiger partial charge on any atom is -0.370 e. The summed E-state index contributed by atoms with van der Waals surface area (Å²) in [5, 5.41) is 3.87. The van der Waals surface area contributed by atoms with Crippen LogP contribution in [0.5, 0.6) is 0 Å². The van der Waals surface area contributed by atoms with Crippen LogP contribution < -0.4 is 5.32 Å². The molecule has 0 aliphatic heterocycles. The lowest BCUT2D eigenvalue weighted by atomic mass is 10.2. The van der Waals surface area contributed by atoms with Crippen molar-refractivity contribution in [2.45, 2.75) is 45.4 Å². The van der Waals surface area contributed by atoms with Crippen molar-refractivity contribution >= 4 is 17.4 Å². The number of rotatable bonds is 7. The van der Waals surface area contributed by atoms with Crippen LogP contribution in [-0.4, -0.2) is 16.5 Å². The van der Waals surface area contributed by atoms with Crippen molar-refractivity contribution in [3.8, 4) is 0 Å². The van der Waals surface area contributed by atoms with Gasteiger partial charge in [-0.1, -0.05) is 31.4 Å². The monoisotopic (exact) mass is 253 g/mol. The Balaban J connectivity index is 1.80. The Hall–Kier alpha value is -0.830. The molecule has 0 aromatic carbocycles. The van der Waals surface area contributed by atoms with Crippen molar-refractivity contribution < 1.29 is 0 Å². The molecule has 0 spiro atoms. The van der Waals surface area contributed by atoms with Gasteiger partial charge in [0, 0.05) is 19.0 Å². The first-order chi connectivity index (χ1) is 8.28. The Kier molecular flexibility index (Phi) is 4.60. The van der Waals surface area contributed by atoms with Gasteiger partial charge in [-0.3, -0.25) is 0 Å². The maximum absolute atomic E-state index is 5.97. The van der Waals surface area contributed by atoms with Gasteiger partial charge in [0.2, 0.25) is 0 Å². The highest BCUT2D eigenvalue weighted by Gasteiger charge is 2.19. The zero-order valence-corrected chi connectivity index (χ0v) is 11.1. The van der Waals surface area contributed by atoms with E-state index in [4.69, 9.17) is 11.6 Å². The van der Waals surface area contributed by atoms with E-state index in [-0.39, 0.29) is 0 Å². The van der Waals surface area contributed by atoms with Crippen LogP contribution in [-0.2, 0) is 6.42 Å². The maximum atomic E-state index is 5.97. The third kappa shape index (κ3) is 4.50. The van der Waals surface area contributed by atoms with Crippen LogP contribution in [0.2, 0.25) is 5.15 Å². The normalized spacial score (nSPS) is 14.9. The average Bonchev–Trinajstić information content (AvgIpc) is 3.08. The summed E-state index contributed by atoms with van der Waals surface area (Å²) in [4.78, 5) is 8.65. The van der Waals surface area contributed by atoms with Crippen molar-refractivity contribution in [2.24, 2.45) is 5.92 Å². The fourth-order valence-corrected chi connectivity index (χ4v) is 2.11. The van der Waals surface area contributed by atoms with Gasteiger partial charge in [0.1, 0.15) is 16.8 Å². The van der Waals surface area contributed by atoms with E-state index in [1.54, 1.807) is 6.07 Å². The molecule has 1 fully saturated rings. The average molecular weight is 254 g/mol. The second-order valence-electron chi connectivity index (χ2n) is 4.75. The van der Waals surface area contributed by atoms with Gasteiger partial charge in [-0.05, 0) is 25.2 Å². The molecule has 17 heavy (non-hydrogen) atoms. The van der Waals surface area contributed by atoms with E-state index in [1.165, 1.54) is 25.7 Å². The van der Waals surface area contributed by atoms with Crippen molar-refractivity contribution in [3.63, 3.8) is 0 Å². The molecule has 0 unspecified atom stereocenters. The smallest absolute Gasteiger partial charge is 0.134 e. The SMILES string of the molecule is CCCc1nc(Cl)cc(NCCCC2CC2)n1. The number of aryl methyl sites for hydroxylation is 1. The minimum absolute atomic E-state index is 0.535. The number of hydrogen-bond acceptors (Lipinski definition) is 3. The number of nitrogens with zero attached hydrogens (tertiary/aromatic N) is 2. The molecular weight excluding hydrogens is 234 g/mol. The molecule has 0 saturated heterocycles. The summed E-state index contributed by atoms with van der Waals surface area (Å²) >= 11 is 5.97. The van der Waals surface area contributed by atoms with E-state index < -0.39 is 0 Å². The van der Waals surface area contributed by atoms with E-state index in [9.17, 15) is 0 Å². The lowest BCUT2D eigenvalue weighted by Crippen LogP contribution is -2.06. The fraction of sp³-hybridized carbons (Fsp3) is 0.692. The lowest BCUT2D eigenvalue weighted by Gasteiger charge is -2.07. The maximum Gasteiger partial charge on any atom is 0.134 e. The zero-order chi connectivity index (χ0) is 12.1. The molecule has 0 amide bonds. The summed E-state index contributed by atoms with van der Waals surface area (Å²) in [5.74, 6) is 2.70. The molecule has 0 atom stereocenters. The van der Waals surface area contributed by atoms with Crippen LogP contribution in [0.4, 0.5) is 5.82 Å². The largest absolute Gasteiger partial charge is 0.370 e. The van der Waals surface area contributed by atoms with Crippen LogP contribution >= 0.6 is 11.6 Å². The summed E-state index contributed by atoms with van der Waals surface area (Å²) in [6, 6.07) is 1.80. The Morgan fingerprint density at radius 3 is 2.94 bits per heavy atom. The molecule has 4 heteroatoms. The topological polar surface area (TPSA) is 37.8 Å². The van der Waals surface area contributed by atoms with Gasteiger partial charge in [0.25, 0.3) is 0 Å². The highest BCUT2D eigenvalue weighted by Crippen LogP contribution is 2.33. The van der Waals surface area contributed by atoms with E-state index in [0.717, 1.165) is 36.9 Å². The minimum atomic E-state index is 0.535. The van der Waals surface area contributed by atoms with Crippen LogP contribution in [0.15, 0.2) is 6.07 Å².